The van der Waals surface area contributed by atoms with Gasteiger partial charge in [0.2, 0.25) is 0 Å². The quantitative estimate of drug-likeness (QED) is 0.352. The molecule has 0 radical (unpaired) electrons. The van der Waals surface area contributed by atoms with Gasteiger partial charge in [0.1, 0.15) is 0 Å². The summed E-state index contributed by atoms with van der Waals surface area (Å²) in [5.41, 5.74) is 1.36. The van der Waals surface area contributed by atoms with E-state index in [-0.39, 0.29) is 11.1 Å². The van der Waals surface area contributed by atoms with Gasteiger partial charge in [-0.05, 0) is 54.4 Å². The molecule has 19 heavy (non-hydrogen) atoms. The number of nitrogens with zero attached hydrogens (tertiary/aromatic N) is 2. The molecule has 1 fully saturated rings. The predicted molar refractivity (Wildman–Crippen MR) is 94.3 cm³/mol. The van der Waals surface area contributed by atoms with Crippen molar-refractivity contribution in [2.45, 2.75) is 83.8 Å². The van der Waals surface area contributed by atoms with Crippen LogP contribution in [0.5, 0.6) is 0 Å². The minimum absolute atomic E-state index is 0.229. The van der Waals surface area contributed by atoms with E-state index in [1.54, 1.807) is 0 Å². The van der Waals surface area contributed by atoms with Crippen molar-refractivity contribution >= 4 is 27.7 Å². The molecular formula is C15H29IN2Si. The van der Waals surface area contributed by atoms with E-state index in [0.717, 1.165) is 5.54 Å². The summed E-state index contributed by atoms with van der Waals surface area (Å²) in [5.74, 6) is -1.66. The second-order valence-electron chi connectivity index (χ2n) is 8.00. The monoisotopic (exact) mass is 392 g/mol. The minimum atomic E-state index is -1.66. The first kappa shape index (κ1) is 15.7. The third-order valence-corrected chi connectivity index (χ3v) is 14.7. The molecule has 0 amide bonds. The highest BCUT2D eigenvalue weighted by molar-refractivity contribution is 14.1. The van der Waals surface area contributed by atoms with E-state index in [2.05, 4.69) is 84.9 Å². The highest BCUT2D eigenvalue weighted by Crippen LogP contribution is 2.51. The van der Waals surface area contributed by atoms with Crippen molar-refractivity contribution in [2.75, 3.05) is 0 Å². The maximum Gasteiger partial charge on any atom is 0.336 e. The maximum absolute atomic E-state index is 2.87. The standard InChI is InChI=1S/C15H29IN2Si/c1-14(2,3)17-11-12-18(15(4,5)6)19(17,16)13-9-7-8-10-13/h11-13H,7-10H2,1-6H3. The first-order valence-electron chi connectivity index (χ1n) is 7.54. The van der Waals surface area contributed by atoms with Crippen molar-refractivity contribution in [3.8, 4) is 0 Å². The molecule has 0 saturated heterocycles. The Bertz CT molecular complexity index is 337. The Morgan fingerprint density at radius 3 is 1.58 bits per heavy atom. The maximum atomic E-state index is 2.87. The van der Waals surface area contributed by atoms with Gasteiger partial charge in [-0.1, -0.05) is 34.6 Å². The van der Waals surface area contributed by atoms with Gasteiger partial charge in [0.15, 0.2) is 0 Å². The summed E-state index contributed by atoms with van der Waals surface area (Å²) in [5, 5.41) is 0. The summed E-state index contributed by atoms with van der Waals surface area (Å²) in [6, 6.07) is 0. The smallest absolute Gasteiger partial charge is 0.336 e. The van der Waals surface area contributed by atoms with Crippen LogP contribution in [0, 0.1) is 0 Å². The Kier molecular flexibility index (Phi) is 4.07. The average molecular weight is 392 g/mol. The molecule has 110 valence electrons. The normalized spacial score (nSPS) is 24.6. The van der Waals surface area contributed by atoms with Crippen LogP contribution in [0.25, 0.3) is 0 Å². The molecule has 2 aliphatic rings. The Hall–Kier alpha value is 0.287. The summed E-state index contributed by atoms with van der Waals surface area (Å²) >= 11 is 2.87. The molecule has 0 unspecified atom stereocenters. The SMILES string of the molecule is CC(C)(C)N1C=CN(C(C)(C)C)[Si]1(I)C1CCCC1. The lowest BCUT2D eigenvalue weighted by atomic mass is 10.1. The van der Waals surface area contributed by atoms with E-state index in [0.29, 0.717) is 0 Å². The van der Waals surface area contributed by atoms with Gasteiger partial charge in [-0.2, -0.15) is 0 Å². The summed E-state index contributed by atoms with van der Waals surface area (Å²) < 4.78 is 5.45. The third-order valence-electron chi connectivity index (χ3n) is 4.36. The molecule has 1 saturated carbocycles. The van der Waals surface area contributed by atoms with E-state index < -0.39 is 5.89 Å². The molecule has 2 rings (SSSR count). The zero-order chi connectivity index (χ0) is 14.5. The van der Waals surface area contributed by atoms with Crippen LogP contribution < -0.4 is 0 Å². The molecule has 0 aromatic carbocycles. The summed E-state index contributed by atoms with van der Waals surface area (Å²) in [4.78, 5) is 0. The van der Waals surface area contributed by atoms with Crippen LogP contribution in [0.1, 0.15) is 67.2 Å². The Labute approximate surface area is 133 Å². The Morgan fingerprint density at radius 1 is 0.895 bits per heavy atom. The molecule has 1 aliphatic carbocycles. The molecule has 0 spiro atoms. The summed E-state index contributed by atoms with van der Waals surface area (Å²) in [7, 11) is 0. The summed E-state index contributed by atoms with van der Waals surface area (Å²) in [6.07, 6.45) is 10.5. The van der Waals surface area contributed by atoms with Gasteiger partial charge in [-0.15, -0.1) is 0 Å². The molecule has 4 heteroatoms. The van der Waals surface area contributed by atoms with E-state index in [4.69, 9.17) is 0 Å². The first-order chi connectivity index (χ1) is 8.58. The molecule has 0 bridgehead atoms. The minimum Gasteiger partial charge on any atom is -0.373 e. The van der Waals surface area contributed by atoms with Crippen LogP contribution in [-0.4, -0.2) is 26.1 Å². The molecule has 1 aliphatic heterocycles. The lowest BCUT2D eigenvalue weighted by molar-refractivity contribution is 0.270. The van der Waals surface area contributed by atoms with E-state index in [9.17, 15) is 0 Å². The van der Waals surface area contributed by atoms with Crippen molar-refractivity contribution in [1.82, 2.24) is 9.13 Å². The van der Waals surface area contributed by atoms with Crippen molar-refractivity contribution in [3.05, 3.63) is 12.4 Å². The van der Waals surface area contributed by atoms with E-state index in [1.807, 2.05) is 0 Å². The van der Waals surface area contributed by atoms with Gasteiger partial charge < -0.3 is 9.13 Å². The third kappa shape index (κ3) is 2.71. The Balaban J connectivity index is 2.40. The predicted octanol–water partition coefficient (Wildman–Crippen LogP) is 4.99. The zero-order valence-electron chi connectivity index (χ0n) is 13.3. The number of hydrogen-bond donors (Lipinski definition) is 0. The zero-order valence-corrected chi connectivity index (χ0v) is 16.5. The molecule has 0 N–H and O–H groups in total. The van der Waals surface area contributed by atoms with Crippen molar-refractivity contribution in [2.24, 2.45) is 0 Å². The van der Waals surface area contributed by atoms with Crippen molar-refractivity contribution < 1.29 is 0 Å². The molecule has 0 atom stereocenters. The molecule has 0 aromatic heterocycles. The van der Waals surface area contributed by atoms with Crippen LogP contribution in [0.2, 0.25) is 5.54 Å². The topological polar surface area (TPSA) is 6.48 Å². The lowest BCUT2D eigenvalue weighted by Gasteiger charge is -2.52. The van der Waals surface area contributed by atoms with Gasteiger partial charge >= 0.3 is 5.89 Å². The van der Waals surface area contributed by atoms with Gasteiger partial charge in [-0.25, -0.2) is 0 Å². The fourth-order valence-electron chi connectivity index (χ4n) is 3.53. The molecule has 1 heterocycles. The fraction of sp³-hybridized carbons (Fsp3) is 0.867. The van der Waals surface area contributed by atoms with Crippen LogP contribution in [0.3, 0.4) is 0 Å². The second-order valence-corrected chi connectivity index (χ2v) is 15.8. The molecule has 0 aromatic rings. The second kappa shape index (κ2) is 4.93. The number of hydrogen-bond acceptors (Lipinski definition) is 2. The van der Waals surface area contributed by atoms with Crippen LogP contribution in [0.4, 0.5) is 0 Å². The number of rotatable bonds is 1. The van der Waals surface area contributed by atoms with Crippen molar-refractivity contribution in [1.29, 1.82) is 0 Å². The van der Waals surface area contributed by atoms with Crippen molar-refractivity contribution in [3.63, 3.8) is 0 Å². The van der Waals surface area contributed by atoms with Gasteiger partial charge in [0.05, 0.1) is 0 Å². The van der Waals surface area contributed by atoms with Gasteiger partial charge in [0, 0.05) is 29.0 Å². The van der Waals surface area contributed by atoms with Crippen LogP contribution in [-0.2, 0) is 0 Å². The first-order valence-corrected chi connectivity index (χ1v) is 12.6. The largest absolute Gasteiger partial charge is 0.373 e. The average Bonchev–Trinajstić information content (AvgIpc) is 2.80. The number of halogens is 1. The molecular weight excluding hydrogens is 363 g/mol. The van der Waals surface area contributed by atoms with Crippen LogP contribution >= 0.6 is 21.8 Å². The van der Waals surface area contributed by atoms with E-state index in [1.165, 1.54) is 25.7 Å². The van der Waals surface area contributed by atoms with Crippen LogP contribution in [0.15, 0.2) is 12.4 Å². The highest BCUT2D eigenvalue weighted by atomic mass is 127. The fourth-order valence-corrected chi connectivity index (χ4v) is 15.3. The van der Waals surface area contributed by atoms with Gasteiger partial charge in [0.25, 0.3) is 0 Å². The summed E-state index contributed by atoms with van der Waals surface area (Å²) in [6.45, 7) is 14.2. The Morgan fingerprint density at radius 2 is 1.26 bits per heavy atom. The van der Waals surface area contributed by atoms with E-state index >= 15 is 0 Å². The van der Waals surface area contributed by atoms with Gasteiger partial charge in [-0.3, -0.25) is 0 Å². The highest BCUT2D eigenvalue weighted by Gasteiger charge is 2.57. The molecule has 2 nitrogen and oxygen atoms in total. The lowest BCUT2D eigenvalue weighted by Crippen LogP contribution is -2.65.